The number of hydrogen-bond donors (Lipinski definition) is 2. The van der Waals surface area contributed by atoms with Gasteiger partial charge in [0.15, 0.2) is 3.95 Å². The number of carbonyl (C=O) groups excluding carboxylic acids is 1. The van der Waals surface area contributed by atoms with Crippen molar-refractivity contribution in [1.29, 1.82) is 0 Å². The molecule has 1 amide bonds. The molecule has 1 aromatic carbocycles. The van der Waals surface area contributed by atoms with Crippen LogP contribution in [0.25, 0.3) is 16.6 Å². The van der Waals surface area contributed by atoms with Crippen LogP contribution in [0.4, 0.5) is 0 Å². The van der Waals surface area contributed by atoms with Crippen molar-refractivity contribution >= 4 is 46.0 Å². The summed E-state index contributed by atoms with van der Waals surface area (Å²) in [5.41, 5.74) is 1.93. The largest absolute Gasteiger partial charge is 0.354 e. The zero-order valence-corrected chi connectivity index (χ0v) is 12.4. The first kappa shape index (κ1) is 13.0. The molecule has 3 aromatic rings. The second kappa shape index (κ2) is 4.53. The van der Waals surface area contributed by atoms with Crippen LogP contribution < -0.4 is 10.9 Å². The van der Waals surface area contributed by atoms with E-state index in [9.17, 15) is 9.59 Å². The molecule has 20 heavy (non-hydrogen) atoms. The van der Waals surface area contributed by atoms with Crippen molar-refractivity contribution in [3.63, 3.8) is 0 Å². The van der Waals surface area contributed by atoms with Gasteiger partial charge in [-0.05, 0) is 31.3 Å². The number of nitrogens with zero attached hydrogens (tertiary/aromatic N) is 1. The summed E-state index contributed by atoms with van der Waals surface area (Å²) in [6.45, 7) is 1.92. The predicted octanol–water partition coefficient (Wildman–Crippen LogP) is 2.24. The van der Waals surface area contributed by atoms with E-state index in [2.05, 4.69) is 10.3 Å². The molecule has 2 heterocycles. The minimum atomic E-state index is -0.259. The van der Waals surface area contributed by atoms with Gasteiger partial charge in [0.05, 0.1) is 10.9 Å². The Bertz CT molecular complexity index is 965. The fourth-order valence-corrected chi connectivity index (χ4v) is 3.50. The van der Waals surface area contributed by atoms with Gasteiger partial charge in [0.1, 0.15) is 10.5 Å². The number of aromatic amines is 1. The summed E-state index contributed by atoms with van der Waals surface area (Å²) in [6.07, 6.45) is 0. The highest BCUT2D eigenvalue weighted by molar-refractivity contribution is 7.73. The Morgan fingerprint density at radius 3 is 2.90 bits per heavy atom. The molecular formula is C13H11N3O2S2. The van der Waals surface area contributed by atoms with Gasteiger partial charge in [0, 0.05) is 7.05 Å². The molecule has 0 aliphatic heterocycles. The highest BCUT2D eigenvalue weighted by atomic mass is 32.1. The van der Waals surface area contributed by atoms with Crippen LogP contribution in [0.3, 0.4) is 0 Å². The summed E-state index contributed by atoms with van der Waals surface area (Å²) >= 11 is 6.51. The van der Waals surface area contributed by atoms with E-state index in [1.807, 2.05) is 25.1 Å². The van der Waals surface area contributed by atoms with E-state index in [-0.39, 0.29) is 11.5 Å². The van der Waals surface area contributed by atoms with Gasteiger partial charge >= 0.3 is 0 Å². The molecule has 0 unspecified atom stereocenters. The Hall–Kier alpha value is -1.99. The quantitative estimate of drug-likeness (QED) is 0.678. The van der Waals surface area contributed by atoms with Gasteiger partial charge in [-0.15, -0.1) is 0 Å². The van der Waals surface area contributed by atoms with Gasteiger partial charge in [-0.1, -0.05) is 23.0 Å². The van der Waals surface area contributed by atoms with Crippen LogP contribution in [0, 0.1) is 10.9 Å². The van der Waals surface area contributed by atoms with Crippen molar-refractivity contribution in [2.75, 3.05) is 7.05 Å². The van der Waals surface area contributed by atoms with Crippen molar-refractivity contribution in [3.05, 3.63) is 42.9 Å². The predicted molar refractivity (Wildman–Crippen MR) is 82.4 cm³/mol. The first-order chi connectivity index (χ1) is 9.52. The number of hydrogen-bond acceptors (Lipinski definition) is 4. The summed E-state index contributed by atoms with van der Waals surface area (Å²) in [7, 11) is 1.55. The Kier molecular flexibility index (Phi) is 2.95. The van der Waals surface area contributed by atoms with Gasteiger partial charge in [0.2, 0.25) is 0 Å². The van der Waals surface area contributed by atoms with Crippen LogP contribution in [-0.2, 0) is 0 Å². The van der Waals surface area contributed by atoms with E-state index in [4.69, 9.17) is 12.2 Å². The molecule has 102 valence electrons. The third kappa shape index (κ3) is 1.78. The summed E-state index contributed by atoms with van der Waals surface area (Å²) in [5.74, 6) is -0.259. The average molecular weight is 305 g/mol. The van der Waals surface area contributed by atoms with Crippen LogP contribution in [0.5, 0.6) is 0 Å². The Labute approximate surface area is 122 Å². The molecule has 0 bridgehead atoms. The van der Waals surface area contributed by atoms with Crippen LogP contribution in [0.15, 0.2) is 23.0 Å². The number of nitrogens with one attached hydrogen (secondary N) is 2. The number of rotatable bonds is 1. The maximum Gasteiger partial charge on any atom is 0.264 e. The minimum Gasteiger partial charge on any atom is -0.354 e. The normalized spacial score (nSPS) is 11.1. The van der Waals surface area contributed by atoms with E-state index in [0.717, 1.165) is 5.56 Å². The first-order valence-corrected chi connectivity index (χ1v) is 7.15. The third-order valence-corrected chi connectivity index (χ3v) is 4.49. The maximum absolute atomic E-state index is 12.2. The van der Waals surface area contributed by atoms with Gasteiger partial charge in [-0.25, -0.2) is 0 Å². The van der Waals surface area contributed by atoms with Gasteiger partial charge in [-0.2, -0.15) is 0 Å². The fourth-order valence-electron chi connectivity index (χ4n) is 2.17. The molecule has 2 aromatic heterocycles. The zero-order chi connectivity index (χ0) is 14.4. The highest BCUT2D eigenvalue weighted by Crippen LogP contribution is 2.22. The number of H-pyrrole nitrogens is 1. The standard InChI is InChI=1S/C13H11N3O2S2/c1-6-3-4-8-7(5-6)11(17)15-10-9(12(18)14-2)20-13(19)16(8)10/h3-5H,1-2H3,(H,14,18)(H,15,17). The SMILES string of the molecule is CNC(=O)c1sc(=S)n2c1[nH]c(=O)c1cc(C)ccc12. The number of fused-ring (bicyclic) bond motifs is 3. The summed E-state index contributed by atoms with van der Waals surface area (Å²) in [6, 6.07) is 5.58. The van der Waals surface area contributed by atoms with Gasteiger partial charge in [-0.3, -0.25) is 14.0 Å². The van der Waals surface area contributed by atoms with Crippen molar-refractivity contribution in [3.8, 4) is 0 Å². The molecule has 0 fully saturated rings. The fraction of sp³-hybridized carbons (Fsp3) is 0.154. The molecule has 0 spiro atoms. The van der Waals surface area contributed by atoms with Crippen LogP contribution in [-0.4, -0.2) is 22.3 Å². The van der Waals surface area contributed by atoms with E-state index < -0.39 is 0 Å². The maximum atomic E-state index is 12.2. The molecule has 0 aliphatic rings. The Morgan fingerprint density at radius 1 is 1.45 bits per heavy atom. The molecule has 5 nitrogen and oxygen atoms in total. The lowest BCUT2D eigenvalue weighted by molar-refractivity contribution is 0.0968. The second-order valence-electron chi connectivity index (χ2n) is 4.43. The molecule has 0 saturated heterocycles. The molecule has 7 heteroatoms. The lowest BCUT2D eigenvalue weighted by Gasteiger charge is -2.04. The molecule has 3 rings (SSSR count). The van der Waals surface area contributed by atoms with Crippen molar-refractivity contribution in [1.82, 2.24) is 14.7 Å². The van der Waals surface area contributed by atoms with E-state index >= 15 is 0 Å². The highest BCUT2D eigenvalue weighted by Gasteiger charge is 2.16. The zero-order valence-electron chi connectivity index (χ0n) is 10.8. The number of thiazole rings is 1. The van der Waals surface area contributed by atoms with E-state index in [0.29, 0.717) is 25.4 Å². The molecule has 0 aliphatic carbocycles. The van der Waals surface area contributed by atoms with Crippen molar-refractivity contribution in [2.24, 2.45) is 0 Å². The monoisotopic (exact) mass is 305 g/mol. The molecule has 2 N–H and O–H groups in total. The molecule has 0 radical (unpaired) electrons. The lowest BCUT2D eigenvalue weighted by atomic mass is 10.1. The summed E-state index contributed by atoms with van der Waals surface area (Å²) in [5, 5.41) is 3.12. The van der Waals surface area contributed by atoms with Gasteiger partial charge in [0.25, 0.3) is 11.5 Å². The molecule has 0 saturated carbocycles. The van der Waals surface area contributed by atoms with Gasteiger partial charge < -0.3 is 10.3 Å². The lowest BCUT2D eigenvalue weighted by Crippen LogP contribution is -2.18. The number of carbonyl (C=O) groups is 1. The topological polar surface area (TPSA) is 66.4 Å². The van der Waals surface area contributed by atoms with Crippen LogP contribution in [0.2, 0.25) is 0 Å². The van der Waals surface area contributed by atoms with Crippen LogP contribution >= 0.6 is 23.6 Å². The average Bonchev–Trinajstić information content (AvgIpc) is 2.75. The van der Waals surface area contributed by atoms with E-state index in [1.165, 1.54) is 11.3 Å². The second-order valence-corrected chi connectivity index (χ2v) is 6.08. The smallest absolute Gasteiger partial charge is 0.264 e. The van der Waals surface area contributed by atoms with E-state index in [1.54, 1.807) is 11.4 Å². The Morgan fingerprint density at radius 2 is 2.20 bits per heavy atom. The summed E-state index contributed by atoms with van der Waals surface area (Å²) < 4.78 is 2.27. The Balaban J connectivity index is 2.57. The third-order valence-electron chi connectivity index (χ3n) is 3.11. The van der Waals surface area contributed by atoms with Crippen molar-refractivity contribution < 1.29 is 4.79 Å². The first-order valence-electron chi connectivity index (χ1n) is 5.93. The number of aromatic nitrogens is 2. The summed E-state index contributed by atoms with van der Waals surface area (Å²) in [4.78, 5) is 27.2. The number of amides is 1. The van der Waals surface area contributed by atoms with Crippen LogP contribution in [0.1, 0.15) is 15.2 Å². The number of benzene rings is 1. The molecular weight excluding hydrogens is 294 g/mol. The minimum absolute atomic E-state index is 0.221. The van der Waals surface area contributed by atoms with Crippen molar-refractivity contribution in [2.45, 2.75) is 6.92 Å². The molecule has 0 atom stereocenters. The number of aryl methyl sites for hydroxylation is 1.